The van der Waals surface area contributed by atoms with Gasteiger partial charge < -0.3 is 9.87 Å². The molecule has 676 valence electrons. The van der Waals surface area contributed by atoms with E-state index in [1.807, 2.05) is 0 Å². The summed E-state index contributed by atoms with van der Waals surface area (Å²) < 4.78 is 38.1. The molecule has 1 rings (SSSR count). The summed E-state index contributed by atoms with van der Waals surface area (Å²) in [6.45, 7) is 66.1. The molecule has 1 fully saturated rings. The average Bonchev–Trinajstić information content (AvgIpc) is 0.870. The van der Waals surface area contributed by atoms with Gasteiger partial charge in [0.25, 0.3) is 0 Å². The standard InChI is InChI=1S/C107H213NO4S.Na/c1-28-81(29-2)55-94(56-82(30-3)31-4)68-100(69-95(57-83(32-5)33-6)58-84(34-7)35-8)74-103(75-101(70-96(59-85(36-9)37-10)60-86(38-11)39-12)71-97(61-87(40-13)41-14)62-88(42-15)43-16)77-104-76-102(72-98(63-89(44-17)45-18)64-90(46-19)47-20)73-99(65-91(48-21)49-22)67-93(51-24)66-92(50-23)53-52-54-105(78-104)80(25)106(109)108-107(26,27)79-113(110,111)112;/h80-105H,28-79H2,1-27H3,(H,108,109)(H,110,111,112);/q;+1/p-1. The van der Waals surface area contributed by atoms with Gasteiger partial charge >= 0.3 is 29.6 Å². The normalized spacial score (nSPS) is 18.8. The third kappa shape index (κ3) is 48.6. The molecule has 1 saturated carbocycles. The SMILES string of the molecule is CCC(CC)CC(CC(CC)CC)CC(CC(CC(CC)CC)CC(CC)CC)CC(CC(CC(CC(CC)CC)CC(CC)CC)CC(CC(CC)CC)CC(CC)CC)CC1CC(CC(CC(CC)CC)CC(CC)CC)CC(CC(CC)CC)CC(CC)CC(CC)CCCC(C(C)C(=O)NC(C)(C)CS(=O)(=O)[O-])C1.[Na+]. The molecule has 1 N–H and O–H groups in total. The van der Waals surface area contributed by atoms with Gasteiger partial charge in [-0.1, -0.05) is 340 Å². The molecule has 0 saturated heterocycles. The van der Waals surface area contributed by atoms with E-state index in [4.69, 9.17) is 0 Å². The molecule has 5 nitrogen and oxygen atoms in total. The number of hydrogen-bond acceptors (Lipinski definition) is 4. The summed E-state index contributed by atoms with van der Waals surface area (Å²) in [5, 5.41) is 3.31. The zero-order chi connectivity index (χ0) is 85.1. The average molecular weight is 1630 g/mol. The minimum Gasteiger partial charge on any atom is -0.748 e. The maximum absolute atomic E-state index is 15.6. The molecule has 0 spiro atoms. The van der Waals surface area contributed by atoms with Crippen LogP contribution in [0.2, 0.25) is 0 Å². The Kier molecular flexibility index (Phi) is 67.0. The Morgan fingerprint density at radius 3 is 0.737 bits per heavy atom. The summed E-state index contributed by atoms with van der Waals surface area (Å²) in [5.41, 5.74) is -1.17. The van der Waals surface area contributed by atoms with Crippen LogP contribution in [-0.4, -0.2) is 30.2 Å². The van der Waals surface area contributed by atoms with E-state index in [9.17, 15) is 13.0 Å². The number of hydrogen-bond donors (Lipinski definition) is 1. The molecule has 1 aliphatic rings. The molecule has 0 aromatic heterocycles. The molecule has 114 heavy (non-hydrogen) atoms. The van der Waals surface area contributed by atoms with E-state index in [-0.39, 0.29) is 47.3 Å². The van der Waals surface area contributed by atoms with Gasteiger partial charge in [-0.2, -0.15) is 0 Å². The van der Waals surface area contributed by atoms with Crippen LogP contribution >= 0.6 is 0 Å². The van der Waals surface area contributed by atoms with E-state index in [1.54, 1.807) is 13.8 Å². The van der Waals surface area contributed by atoms with Crippen LogP contribution < -0.4 is 34.9 Å². The minimum absolute atomic E-state index is 0. The maximum atomic E-state index is 15.6. The van der Waals surface area contributed by atoms with Crippen molar-refractivity contribution in [3.05, 3.63) is 0 Å². The molecule has 0 radical (unpaired) electrons. The molecule has 0 aromatic rings. The van der Waals surface area contributed by atoms with E-state index in [0.29, 0.717) is 41.4 Å². The molecule has 0 aromatic carbocycles. The fraction of sp³-hybridized carbons (Fsp3) is 0.991. The van der Waals surface area contributed by atoms with Crippen LogP contribution in [0, 0.1) is 154 Å². The number of nitrogens with one attached hydrogen (secondary N) is 1. The Labute approximate surface area is 742 Å². The second kappa shape index (κ2) is 66.8. The summed E-state index contributed by atoms with van der Waals surface area (Å²) in [6.07, 6.45) is 66.9. The van der Waals surface area contributed by atoms with Crippen molar-refractivity contribution < 1.29 is 47.3 Å². The van der Waals surface area contributed by atoms with Crippen molar-refractivity contribution in [1.29, 1.82) is 0 Å². The van der Waals surface area contributed by atoms with E-state index in [2.05, 4.69) is 178 Å². The smallest absolute Gasteiger partial charge is 0.748 e. The summed E-state index contributed by atoms with van der Waals surface area (Å²) in [5.74, 6) is 16.6. The second-order valence-electron chi connectivity index (χ2n) is 41.8. The first-order valence-electron chi connectivity index (χ1n) is 52.2. The number of amides is 1. The fourth-order valence-electron chi connectivity index (χ4n) is 24.6. The summed E-state index contributed by atoms with van der Waals surface area (Å²) in [4.78, 5) is 15.6. The van der Waals surface area contributed by atoms with Crippen LogP contribution in [0.25, 0.3) is 0 Å². The zero-order valence-electron chi connectivity index (χ0n) is 83.3. The third-order valence-corrected chi connectivity index (χ3v) is 34.2. The van der Waals surface area contributed by atoms with E-state index in [1.165, 1.54) is 308 Å². The summed E-state index contributed by atoms with van der Waals surface area (Å²) in [7, 11) is -4.59. The molecule has 0 heterocycles. The quantitative estimate of drug-likeness (QED) is 0.0486. The summed E-state index contributed by atoms with van der Waals surface area (Å²) in [6, 6.07) is 0. The van der Waals surface area contributed by atoms with Crippen molar-refractivity contribution in [1.82, 2.24) is 5.32 Å². The Hall–Kier alpha value is 0.380. The number of rotatable bonds is 67. The van der Waals surface area contributed by atoms with E-state index >= 15 is 4.79 Å². The van der Waals surface area contributed by atoms with Crippen molar-refractivity contribution in [3.8, 4) is 0 Å². The predicted octanol–water partition coefficient (Wildman–Crippen LogP) is 31.9. The second-order valence-corrected chi connectivity index (χ2v) is 43.2. The molecule has 0 bridgehead atoms. The topological polar surface area (TPSA) is 86.3 Å². The van der Waals surface area contributed by atoms with Gasteiger partial charge in [0, 0.05) is 11.5 Å². The van der Waals surface area contributed by atoms with E-state index in [0.717, 1.165) is 120 Å². The van der Waals surface area contributed by atoms with Crippen LogP contribution in [-0.2, 0) is 14.9 Å². The molecule has 1 aliphatic carbocycles. The van der Waals surface area contributed by atoms with Crippen molar-refractivity contribution >= 4 is 16.0 Å². The van der Waals surface area contributed by atoms with Gasteiger partial charge in [0.1, 0.15) is 0 Å². The predicted molar refractivity (Wildman–Crippen MR) is 505 cm³/mol. The van der Waals surface area contributed by atoms with Crippen molar-refractivity contribution in [2.75, 3.05) is 5.75 Å². The van der Waals surface area contributed by atoms with Crippen LogP contribution in [0.15, 0.2) is 0 Å². The number of carbonyl (C=O) groups is 1. The van der Waals surface area contributed by atoms with Gasteiger partial charge in [-0.15, -0.1) is 0 Å². The molecule has 7 unspecified atom stereocenters. The van der Waals surface area contributed by atoms with Gasteiger partial charge in [0.15, 0.2) is 0 Å². The van der Waals surface area contributed by atoms with Crippen molar-refractivity contribution in [2.24, 2.45) is 154 Å². The molecule has 0 aliphatic heterocycles. The molecule has 1 amide bonds. The maximum Gasteiger partial charge on any atom is 1.00 e. The zero-order valence-corrected chi connectivity index (χ0v) is 86.1. The van der Waals surface area contributed by atoms with Gasteiger partial charge in [-0.05, 0) is 322 Å². The Balaban J connectivity index is 0.000128. The van der Waals surface area contributed by atoms with Crippen LogP contribution in [0.5, 0.6) is 0 Å². The Bertz CT molecular complexity index is 2070. The summed E-state index contributed by atoms with van der Waals surface area (Å²) >= 11 is 0. The van der Waals surface area contributed by atoms with Crippen molar-refractivity contribution in [2.45, 2.75) is 520 Å². The van der Waals surface area contributed by atoms with Gasteiger partial charge in [0.2, 0.25) is 5.91 Å². The minimum atomic E-state index is -4.59. The Morgan fingerprint density at radius 1 is 0.298 bits per heavy atom. The Morgan fingerprint density at radius 2 is 0.500 bits per heavy atom. The third-order valence-electron chi connectivity index (χ3n) is 33.1. The van der Waals surface area contributed by atoms with E-state index < -0.39 is 21.4 Å². The molecular weight excluding hydrogens is 1420 g/mol. The van der Waals surface area contributed by atoms with Crippen LogP contribution in [0.4, 0.5) is 0 Å². The van der Waals surface area contributed by atoms with Crippen LogP contribution in [0.3, 0.4) is 0 Å². The molecule has 7 atom stereocenters. The van der Waals surface area contributed by atoms with Crippen LogP contribution in [0.1, 0.15) is 514 Å². The monoisotopic (exact) mass is 1630 g/mol. The molecule has 7 heteroatoms. The number of carbonyl (C=O) groups excluding carboxylic acids is 1. The van der Waals surface area contributed by atoms with Gasteiger partial charge in [-0.25, -0.2) is 8.42 Å². The first-order valence-corrected chi connectivity index (χ1v) is 53.8. The fourth-order valence-corrected chi connectivity index (χ4v) is 25.5. The largest absolute Gasteiger partial charge is 1.00 e. The first-order chi connectivity index (χ1) is 54.0. The van der Waals surface area contributed by atoms with Gasteiger partial charge in [-0.3, -0.25) is 4.79 Å². The van der Waals surface area contributed by atoms with Gasteiger partial charge in [0.05, 0.1) is 15.9 Å². The van der Waals surface area contributed by atoms with Crippen molar-refractivity contribution in [3.63, 3.8) is 0 Å². The first kappa shape index (κ1) is 114. The molecular formula is C107H212NNaO4S.